The van der Waals surface area contributed by atoms with Gasteiger partial charge in [0.1, 0.15) is 5.83 Å². The zero-order valence-electron chi connectivity index (χ0n) is 10.2. The monoisotopic (exact) mass is 226 g/mol. The van der Waals surface area contributed by atoms with Crippen LogP contribution in [0.25, 0.3) is 0 Å². The number of hydrogen-bond acceptors (Lipinski definition) is 0. The van der Waals surface area contributed by atoms with Crippen LogP contribution >= 0.6 is 0 Å². The van der Waals surface area contributed by atoms with Gasteiger partial charge in [0.2, 0.25) is 0 Å². The van der Waals surface area contributed by atoms with E-state index in [4.69, 9.17) is 0 Å². The van der Waals surface area contributed by atoms with Gasteiger partial charge in [0.25, 0.3) is 0 Å². The Morgan fingerprint density at radius 1 is 1.00 bits per heavy atom. The van der Waals surface area contributed by atoms with E-state index in [9.17, 15) is 4.39 Å². The van der Waals surface area contributed by atoms with E-state index in [1.54, 1.807) is 6.08 Å². The Hall–Kier alpha value is -1.81. The van der Waals surface area contributed by atoms with Crippen LogP contribution in [0.1, 0.15) is 30.9 Å². The average molecular weight is 226 g/mol. The molecule has 0 aliphatic heterocycles. The van der Waals surface area contributed by atoms with Gasteiger partial charge in [-0.2, -0.15) is 0 Å². The standard InChI is InChI=1S/C16H15F/c1-12-3-6-14(7-4-12)9-10-15-8-5-13(2)16(17)11-15/h3-4,6-7,11H,5,8H2,1-2H3. The van der Waals surface area contributed by atoms with E-state index in [-0.39, 0.29) is 5.83 Å². The molecule has 0 radical (unpaired) electrons. The molecular weight excluding hydrogens is 211 g/mol. The van der Waals surface area contributed by atoms with Gasteiger partial charge in [-0.05, 0) is 50.5 Å². The minimum absolute atomic E-state index is 0.121. The maximum Gasteiger partial charge on any atom is 0.123 e. The Bertz CT molecular complexity index is 533. The molecule has 1 aromatic rings. The van der Waals surface area contributed by atoms with Crippen molar-refractivity contribution in [2.24, 2.45) is 0 Å². The van der Waals surface area contributed by atoms with Crippen LogP contribution in [0, 0.1) is 18.8 Å². The first kappa shape index (κ1) is 11.7. The summed E-state index contributed by atoms with van der Waals surface area (Å²) in [5.74, 6) is 5.99. The molecule has 86 valence electrons. The number of allylic oxidation sites excluding steroid dienone is 4. The molecule has 0 amide bonds. The molecule has 1 heteroatoms. The molecule has 0 aromatic heterocycles. The quantitative estimate of drug-likeness (QED) is 0.578. The van der Waals surface area contributed by atoms with Crippen LogP contribution in [-0.2, 0) is 0 Å². The van der Waals surface area contributed by atoms with Crippen LogP contribution < -0.4 is 0 Å². The summed E-state index contributed by atoms with van der Waals surface area (Å²) in [6.45, 7) is 3.87. The smallest absolute Gasteiger partial charge is 0.123 e. The van der Waals surface area contributed by atoms with Crippen molar-refractivity contribution in [3.05, 3.63) is 58.4 Å². The highest BCUT2D eigenvalue weighted by atomic mass is 19.1. The van der Waals surface area contributed by atoms with Gasteiger partial charge in [-0.15, -0.1) is 0 Å². The van der Waals surface area contributed by atoms with Crippen molar-refractivity contribution in [2.45, 2.75) is 26.7 Å². The molecule has 0 heterocycles. The second-order valence-electron chi connectivity index (χ2n) is 4.41. The second kappa shape index (κ2) is 5.01. The average Bonchev–Trinajstić information content (AvgIpc) is 2.33. The van der Waals surface area contributed by atoms with Crippen LogP contribution in [0.5, 0.6) is 0 Å². The molecule has 0 saturated heterocycles. The van der Waals surface area contributed by atoms with Crippen molar-refractivity contribution < 1.29 is 4.39 Å². The Kier molecular flexibility index (Phi) is 3.44. The number of aryl methyl sites for hydroxylation is 1. The molecule has 0 unspecified atom stereocenters. The minimum Gasteiger partial charge on any atom is -0.207 e. The number of rotatable bonds is 0. The van der Waals surface area contributed by atoms with E-state index >= 15 is 0 Å². The van der Waals surface area contributed by atoms with Gasteiger partial charge < -0.3 is 0 Å². The normalized spacial score (nSPS) is 15.1. The van der Waals surface area contributed by atoms with Gasteiger partial charge in [-0.3, -0.25) is 0 Å². The van der Waals surface area contributed by atoms with E-state index in [0.29, 0.717) is 0 Å². The van der Waals surface area contributed by atoms with Gasteiger partial charge >= 0.3 is 0 Å². The van der Waals surface area contributed by atoms with Crippen molar-refractivity contribution in [3.63, 3.8) is 0 Å². The fraction of sp³-hybridized carbons (Fsp3) is 0.250. The third-order valence-corrected chi connectivity index (χ3v) is 2.90. The predicted octanol–water partition coefficient (Wildman–Crippen LogP) is 4.31. The zero-order chi connectivity index (χ0) is 12.3. The summed E-state index contributed by atoms with van der Waals surface area (Å²) < 4.78 is 13.3. The molecular formula is C16H15F. The maximum absolute atomic E-state index is 13.3. The molecule has 0 bridgehead atoms. The largest absolute Gasteiger partial charge is 0.207 e. The number of benzene rings is 1. The minimum atomic E-state index is -0.121. The summed E-state index contributed by atoms with van der Waals surface area (Å²) in [4.78, 5) is 0. The van der Waals surface area contributed by atoms with Gasteiger partial charge in [0.15, 0.2) is 0 Å². The number of halogens is 1. The molecule has 0 spiro atoms. The lowest BCUT2D eigenvalue weighted by Crippen LogP contribution is -1.92. The molecule has 2 rings (SSSR count). The van der Waals surface area contributed by atoms with Crippen LogP contribution in [0.4, 0.5) is 4.39 Å². The fourth-order valence-electron chi connectivity index (χ4n) is 1.68. The third-order valence-electron chi connectivity index (χ3n) is 2.90. The van der Waals surface area contributed by atoms with Crippen LogP contribution in [0.15, 0.2) is 47.3 Å². The molecule has 0 fully saturated rings. The van der Waals surface area contributed by atoms with Gasteiger partial charge in [-0.25, -0.2) is 4.39 Å². The summed E-state index contributed by atoms with van der Waals surface area (Å²) in [6, 6.07) is 8.04. The predicted molar refractivity (Wildman–Crippen MR) is 69.2 cm³/mol. The van der Waals surface area contributed by atoms with E-state index in [1.165, 1.54) is 5.56 Å². The van der Waals surface area contributed by atoms with E-state index in [2.05, 4.69) is 11.8 Å². The van der Waals surface area contributed by atoms with E-state index in [0.717, 1.165) is 29.6 Å². The Morgan fingerprint density at radius 3 is 2.35 bits per heavy atom. The fourth-order valence-corrected chi connectivity index (χ4v) is 1.68. The molecule has 17 heavy (non-hydrogen) atoms. The summed E-state index contributed by atoms with van der Waals surface area (Å²) in [7, 11) is 0. The van der Waals surface area contributed by atoms with Crippen molar-refractivity contribution in [2.75, 3.05) is 0 Å². The maximum atomic E-state index is 13.3. The molecule has 0 nitrogen and oxygen atoms in total. The first-order valence-electron chi connectivity index (χ1n) is 5.79. The Labute approximate surface area is 102 Å². The second-order valence-corrected chi connectivity index (χ2v) is 4.41. The molecule has 1 aliphatic carbocycles. The van der Waals surface area contributed by atoms with Crippen molar-refractivity contribution in [3.8, 4) is 11.8 Å². The Morgan fingerprint density at radius 2 is 1.71 bits per heavy atom. The highest BCUT2D eigenvalue weighted by Crippen LogP contribution is 2.23. The third kappa shape index (κ3) is 3.07. The molecule has 0 N–H and O–H groups in total. The van der Waals surface area contributed by atoms with Crippen molar-refractivity contribution in [1.29, 1.82) is 0 Å². The Balaban J connectivity index is 2.18. The lowest BCUT2D eigenvalue weighted by Gasteiger charge is -2.08. The first-order valence-corrected chi connectivity index (χ1v) is 5.79. The van der Waals surface area contributed by atoms with E-state index in [1.807, 2.05) is 38.1 Å². The summed E-state index contributed by atoms with van der Waals surface area (Å²) in [5.41, 5.74) is 3.90. The highest BCUT2D eigenvalue weighted by molar-refractivity contribution is 5.45. The van der Waals surface area contributed by atoms with Crippen LogP contribution in [0.3, 0.4) is 0 Å². The summed E-state index contributed by atoms with van der Waals surface area (Å²) >= 11 is 0. The SMILES string of the molecule is CC1=C(F)C=C(C#Cc2ccc(C)cc2)CC1. The topological polar surface area (TPSA) is 0 Å². The zero-order valence-corrected chi connectivity index (χ0v) is 10.2. The lowest BCUT2D eigenvalue weighted by atomic mass is 9.99. The lowest BCUT2D eigenvalue weighted by molar-refractivity contribution is 0.633. The van der Waals surface area contributed by atoms with Gasteiger partial charge in [0.05, 0.1) is 0 Å². The van der Waals surface area contributed by atoms with Gasteiger partial charge in [0, 0.05) is 11.1 Å². The molecule has 1 aliphatic rings. The van der Waals surface area contributed by atoms with Crippen LogP contribution in [-0.4, -0.2) is 0 Å². The number of hydrogen-bond donors (Lipinski definition) is 0. The molecule has 1 aromatic carbocycles. The molecule has 0 saturated carbocycles. The van der Waals surface area contributed by atoms with Crippen LogP contribution in [0.2, 0.25) is 0 Å². The first-order chi connectivity index (χ1) is 8.15. The summed E-state index contributed by atoms with van der Waals surface area (Å²) in [5, 5.41) is 0. The van der Waals surface area contributed by atoms with Crippen molar-refractivity contribution in [1.82, 2.24) is 0 Å². The summed E-state index contributed by atoms with van der Waals surface area (Å²) in [6.07, 6.45) is 3.18. The van der Waals surface area contributed by atoms with Gasteiger partial charge in [-0.1, -0.05) is 29.5 Å². The highest BCUT2D eigenvalue weighted by Gasteiger charge is 2.07. The molecule has 0 atom stereocenters. The van der Waals surface area contributed by atoms with E-state index < -0.39 is 0 Å². The van der Waals surface area contributed by atoms with Crippen molar-refractivity contribution >= 4 is 0 Å².